The molecule has 0 radical (unpaired) electrons. The van der Waals surface area contributed by atoms with Gasteiger partial charge in [0.25, 0.3) is 5.91 Å². The smallest absolute Gasteiger partial charge is 0.296 e. The number of aromatic nitrogens is 1. The first-order valence-electron chi connectivity index (χ1n) is 9.22. The van der Waals surface area contributed by atoms with E-state index in [1.54, 1.807) is 12.3 Å². The van der Waals surface area contributed by atoms with Crippen LogP contribution >= 0.6 is 15.9 Å². The molecule has 1 aliphatic heterocycles. The predicted octanol–water partition coefficient (Wildman–Crippen LogP) is 5.15. The van der Waals surface area contributed by atoms with Crippen molar-refractivity contribution in [3.8, 4) is 0 Å². The number of benzene rings is 2. The third kappa shape index (κ3) is 2.85. The molecule has 2 aromatic carbocycles. The van der Waals surface area contributed by atoms with Gasteiger partial charge in [0.15, 0.2) is 5.43 Å². The van der Waals surface area contributed by atoms with Crippen LogP contribution in [0, 0.1) is 12.7 Å². The molecule has 5 rings (SSSR count). The molecule has 1 amide bonds. The van der Waals surface area contributed by atoms with Crippen LogP contribution in [0.1, 0.15) is 33.3 Å². The molecule has 0 fully saturated rings. The van der Waals surface area contributed by atoms with Gasteiger partial charge in [-0.25, -0.2) is 9.37 Å². The molecule has 5 nitrogen and oxygen atoms in total. The van der Waals surface area contributed by atoms with Crippen molar-refractivity contribution in [2.24, 2.45) is 0 Å². The number of carbonyl (C=O) groups excluding carboxylic acids is 1. The minimum absolute atomic E-state index is 0.0460. The van der Waals surface area contributed by atoms with Crippen molar-refractivity contribution in [1.82, 2.24) is 4.98 Å². The number of amides is 1. The Labute approximate surface area is 178 Å². The molecule has 1 aliphatic rings. The molecule has 7 heteroatoms. The lowest BCUT2D eigenvalue weighted by Crippen LogP contribution is -2.30. The molecule has 0 spiro atoms. The van der Waals surface area contributed by atoms with Gasteiger partial charge in [-0.3, -0.25) is 14.5 Å². The second-order valence-corrected chi connectivity index (χ2v) is 8.05. The summed E-state index contributed by atoms with van der Waals surface area (Å²) in [4.78, 5) is 32.6. The van der Waals surface area contributed by atoms with Gasteiger partial charge in [0.2, 0.25) is 5.76 Å². The third-order valence-corrected chi connectivity index (χ3v) is 5.69. The Morgan fingerprint density at radius 1 is 1.07 bits per heavy atom. The van der Waals surface area contributed by atoms with Crippen LogP contribution in [0.3, 0.4) is 0 Å². The Bertz CT molecular complexity index is 1380. The molecule has 2 aromatic heterocycles. The Balaban J connectivity index is 1.83. The number of aryl methyl sites for hydroxylation is 1. The third-order valence-electron chi connectivity index (χ3n) is 5.17. The van der Waals surface area contributed by atoms with E-state index >= 15 is 0 Å². The zero-order valence-electron chi connectivity index (χ0n) is 15.7. The van der Waals surface area contributed by atoms with E-state index in [0.29, 0.717) is 5.82 Å². The Morgan fingerprint density at radius 2 is 1.83 bits per heavy atom. The fourth-order valence-electron chi connectivity index (χ4n) is 3.79. The summed E-state index contributed by atoms with van der Waals surface area (Å²) in [5.41, 5.74) is 1.56. The van der Waals surface area contributed by atoms with E-state index in [1.165, 1.54) is 17.0 Å². The molecule has 0 bridgehead atoms. The number of nitrogens with zero attached hydrogens (tertiary/aromatic N) is 2. The SMILES string of the molecule is Cc1ccnc(N2C(=O)c3oc4ccc(F)cc4c(=O)c3C2c2ccc(Br)cc2)c1. The molecule has 0 N–H and O–H groups in total. The molecular weight excluding hydrogens is 451 g/mol. The zero-order chi connectivity index (χ0) is 21.0. The molecule has 1 unspecified atom stereocenters. The van der Waals surface area contributed by atoms with Gasteiger partial charge in [-0.15, -0.1) is 0 Å². The van der Waals surface area contributed by atoms with Crippen LogP contribution in [0.25, 0.3) is 11.0 Å². The highest BCUT2D eigenvalue weighted by Gasteiger charge is 2.44. The van der Waals surface area contributed by atoms with Gasteiger partial charge in [0.1, 0.15) is 17.2 Å². The molecule has 1 atom stereocenters. The molecule has 148 valence electrons. The van der Waals surface area contributed by atoms with Gasteiger partial charge in [-0.2, -0.15) is 0 Å². The molecule has 3 heterocycles. The molecule has 4 aromatic rings. The number of anilines is 1. The first kappa shape index (κ1) is 18.7. The van der Waals surface area contributed by atoms with Gasteiger partial charge in [0.05, 0.1) is 17.0 Å². The number of pyridine rings is 1. The van der Waals surface area contributed by atoms with E-state index in [9.17, 15) is 14.0 Å². The van der Waals surface area contributed by atoms with Crippen LogP contribution in [-0.4, -0.2) is 10.9 Å². The lowest BCUT2D eigenvalue weighted by Gasteiger charge is -2.24. The molecule has 30 heavy (non-hydrogen) atoms. The average Bonchev–Trinajstić information content (AvgIpc) is 3.02. The molecule has 0 saturated carbocycles. The summed E-state index contributed by atoms with van der Waals surface area (Å²) in [5.74, 6) is -0.639. The van der Waals surface area contributed by atoms with Crippen LogP contribution in [-0.2, 0) is 0 Å². The van der Waals surface area contributed by atoms with Crippen LogP contribution in [0.5, 0.6) is 0 Å². The molecule has 0 saturated heterocycles. The Hall–Kier alpha value is -3.32. The monoisotopic (exact) mass is 464 g/mol. The van der Waals surface area contributed by atoms with Crippen LogP contribution in [0.2, 0.25) is 0 Å². The van der Waals surface area contributed by atoms with E-state index in [4.69, 9.17) is 4.42 Å². The van der Waals surface area contributed by atoms with E-state index < -0.39 is 23.2 Å². The number of rotatable bonds is 2. The van der Waals surface area contributed by atoms with E-state index in [2.05, 4.69) is 20.9 Å². The van der Waals surface area contributed by atoms with E-state index in [1.807, 2.05) is 37.3 Å². The summed E-state index contributed by atoms with van der Waals surface area (Å²) in [7, 11) is 0. The van der Waals surface area contributed by atoms with Gasteiger partial charge in [0, 0.05) is 10.7 Å². The van der Waals surface area contributed by atoms with Crippen LogP contribution in [0.15, 0.2) is 74.5 Å². The minimum Gasteiger partial charge on any atom is -0.450 e. The summed E-state index contributed by atoms with van der Waals surface area (Å²) in [6, 6.07) is 13.9. The van der Waals surface area contributed by atoms with Crippen molar-refractivity contribution in [1.29, 1.82) is 0 Å². The fraction of sp³-hybridized carbons (Fsp3) is 0.0870. The van der Waals surface area contributed by atoms with Crippen molar-refractivity contribution in [3.63, 3.8) is 0 Å². The average molecular weight is 465 g/mol. The Morgan fingerprint density at radius 3 is 2.57 bits per heavy atom. The van der Waals surface area contributed by atoms with Crippen molar-refractivity contribution in [2.75, 3.05) is 4.90 Å². The Kier molecular flexibility index (Phi) is 4.29. The summed E-state index contributed by atoms with van der Waals surface area (Å²) < 4.78 is 20.5. The highest BCUT2D eigenvalue weighted by molar-refractivity contribution is 9.10. The molecular formula is C23H14BrFN2O3. The number of carbonyl (C=O) groups is 1. The topological polar surface area (TPSA) is 63.4 Å². The second-order valence-electron chi connectivity index (χ2n) is 7.14. The quantitative estimate of drug-likeness (QED) is 0.411. The fourth-order valence-corrected chi connectivity index (χ4v) is 4.06. The first-order valence-corrected chi connectivity index (χ1v) is 10.0. The lowest BCUT2D eigenvalue weighted by molar-refractivity contribution is 0.0970. The van der Waals surface area contributed by atoms with Crippen LogP contribution in [0.4, 0.5) is 10.2 Å². The maximum atomic E-state index is 13.8. The van der Waals surface area contributed by atoms with E-state index in [0.717, 1.165) is 21.7 Å². The van der Waals surface area contributed by atoms with Gasteiger partial charge in [-0.1, -0.05) is 28.1 Å². The summed E-state index contributed by atoms with van der Waals surface area (Å²) >= 11 is 3.41. The molecule has 0 aliphatic carbocycles. The van der Waals surface area contributed by atoms with Gasteiger partial charge in [-0.05, 0) is 60.5 Å². The number of fused-ring (bicyclic) bond motifs is 2. The standard InChI is InChI=1S/C23H14BrFN2O3/c1-12-8-9-26-18(10-12)27-20(13-2-4-14(24)5-3-13)19-21(28)16-11-15(25)6-7-17(16)30-22(19)23(27)29/h2-11,20H,1H3. The van der Waals surface area contributed by atoms with Crippen molar-refractivity contribution >= 4 is 38.6 Å². The number of hydrogen-bond acceptors (Lipinski definition) is 4. The summed E-state index contributed by atoms with van der Waals surface area (Å²) in [5, 5.41) is 0.0997. The van der Waals surface area contributed by atoms with Crippen molar-refractivity contribution in [3.05, 3.63) is 104 Å². The lowest BCUT2D eigenvalue weighted by atomic mass is 9.98. The van der Waals surface area contributed by atoms with Crippen molar-refractivity contribution < 1.29 is 13.6 Å². The van der Waals surface area contributed by atoms with Crippen LogP contribution < -0.4 is 10.3 Å². The second kappa shape index (κ2) is 6.88. The highest BCUT2D eigenvalue weighted by Crippen LogP contribution is 2.40. The zero-order valence-corrected chi connectivity index (χ0v) is 17.3. The normalized spacial score (nSPS) is 15.6. The van der Waals surface area contributed by atoms with Gasteiger partial charge >= 0.3 is 0 Å². The predicted molar refractivity (Wildman–Crippen MR) is 114 cm³/mol. The van der Waals surface area contributed by atoms with E-state index in [-0.39, 0.29) is 22.3 Å². The van der Waals surface area contributed by atoms with Gasteiger partial charge < -0.3 is 4.42 Å². The maximum absolute atomic E-state index is 13.8. The number of hydrogen-bond donors (Lipinski definition) is 0. The first-order chi connectivity index (χ1) is 14.4. The van der Waals surface area contributed by atoms with Crippen molar-refractivity contribution in [2.45, 2.75) is 13.0 Å². The minimum atomic E-state index is -0.737. The summed E-state index contributed by atoms with van der Waals surface area (Å²) in [6.07, 6.45) is 1.61. The highest BCUT2D eigenvalue weighted by atomic mass is 79.9. The largest absolute Gasteiger partial charge is 0.450 e. The summed E-state index contributed by atoms with van der Waals surface area (Å²) in [6.45, 7) is 1.90. The number of halogens is 2. The maximum Gasteiger partial charge on any atom is 0.296 e.